The van der Waals surface area contributed by atoms with E-state index in [2.05, 4.69) is 22.4 Å². The van der Waals surface area contributed by atoms with E-state index in [-0.39, 0.29) is 5.41 Å². The van der Waals surface area contributed by atoms with Crippen molar-refractivity contribution in [2.24, 2.45) is 0 Å². The van der Waals surface area contributed by atoms with Gasteiger partial charge in [-0.25, -0.2) is 0 Å². The largest absolute Gasteiger partial charge is 0.461 e. The number of aryl methyl sites for hydroxylation is 1. The maximum absolute atomic E-state index is 5.52. The van der Waals surface area contributed by atoms with E-state index in [1.165, 1.54) is 0 Å². The summed E-state index contributed by atoms with van der Waals surface area (Å²) in [5.41, 5.74) is 1.00. The van der Waals surface area contributed by atoms with Crippen molar-refractivity contribution in [3.05, 3.63) is 23.8 Å². The van der Waals surface area contributed by atoms with Crippen LogP contribution in [0, 0.1) is 6.92 Å². The predicted octanol–water partition coefficient (Wildman–Crippen LogP) is 2.67. The van der Waals surface area contributed by atoms with Gasteiger partial charge in [-0.05, 0) is 44.4 Å². The molecule has 0 aliphatic carbocycles. The Kier molecular flexibility index (Phi) is 3.14. The van der Waals surface area contributed by atoms with Gasteiger partial charge in [0.1, 0.15) is 0 Å². The molecule has 102 valence electrons. The molecule has 2 aromatic heterocycles. The Bertz CT molecular complexity index is 553. The van der Waals surface area contributed by atoms with Crippen LogP contribution >= 0.6 is 0 Å². The van der Waals surface area contributed by atoms with Gasteiger partial charge in [-0.2, -0.15) is 4.98 Å². The zero-order valence-corrected chi connectivity index (χ0v) is 11.4. The minimum absolute atomic E-state index is 0.0238. The molecule has 3 rings (SSSR count). The molecular weight excluding hydrogens is 242 g/mol. The van der Waals surface area contributed by atoms with Crippen molar-refractivity contribution in [3.8, 4) is 11.6 Å². The van der Waals surface area contributed by atoms with Crippen molar-refractivity contribution in [1.29, 1.82) is 0 Å². The van der Waals surface area contributed by atoms with Crippen LogP contribution in [0.4, 0.5) is 0 Å². The lowest BCUT2D eigenvalue weighted by Gasteiger charge is -2.33. The number of hydrogen-bond acceptors (Lipinski definition) is 5. The Hall–Kier alpha value is -1.62. The SMILES string of the molecule is CCC1(c2nc(-c3occc3C)no2)CCCNC1. The molecule has 2 aromatic rings. The maximum Gasteiger partial charge on any atom is 0.238 e. The third kappa shape index (κ3) is 2.08. The van der Waals surface area contributed by atoms with Crippen molar-refractivity contribution in [3.63, 3.8) is 0 Å². The number of nitrogens with one attached hydrogen (secondary N) is 1. The van der Waals surface area contributed by atoms with Crippen LogP contribution in [-0.4, -0.2) is 23.2 Å². The summed E-state index contributed by atoms with van der Waals surface area (Å²) in [6.45, 7) is 6.13. The summed E-state index contributed by atoms with van der Waals surface area (Å²) in [4.78, 5) is 4.57. The zero-order chi connectivity index (χ0) is 13.3. The fraction of sp³-hybridized carbons (Fsp3) is 0.571. The molecule has 0 saturated carbocycles. The topological polar surface area (TPSA) is 64.1 Å². The summed E-state index contributed by atoms with van der Waals surface area (Å²) in [5.74, 6) is 1.98. The molecule has 1 N–H and O–H groups in total. The summed E-state index contributed by atoms with van der Waals surface area (Å²) in [6.07, 6.45) is 4.89. The molecule has 1 aliphatic rings. The van der Waals surface area contributed by atoms with Gasteiger partial charge in [0.2, 0.25) is 11.7 Å². The first-order chi connectivity index (χ1) is 9.25. The average molecular weight is 261 g/mol. The van der Waals surface area contributed by atoms with E-state index < -0.39 is 0 Å². The highest BCUT2D eigenvalue weighted by Gasteiger charge is 2.38. The van der Waals surface area contributed by atoms with Crippen LogP contribution in [0.2, 0.25) is 0 Å². The number of hydrogen-bond donors (Lipinski definition) is 1. The number of furan rings is 1. The predicted molar refractivity (Wildman–Crippen MR) is 70.8 cm³/mol. The standard InChI is InChI=1S/C14H19N3O2/c1-3-14(6-4-7-15-9-14)13-16-12(17-19-13)11-10(2)5-8-18-11/h5,8,15H,3-4,6-7,9H2,1-2H3. The normalized spacial score (nSPS) is 23.7. The Morgan fingerprint density at radius 2 is 2.37 bits per heavy atom. The molecule has 0 amide bonds. The van der Waals surface area contributed by atoms with Gasteiger partial charge in [-0.15, -0.1) is 0 Å². The second kappa shape index (κ2) is 4.81. The number of nitrogens with zero attached hydrogens (tertiary/aromatic N) is 2. The average Bonchev–Trinajstić information content (AvgIpc) is 3.08. The van der Waals surface area contributed by atoms with Crippen LogP contribution in [0.3, 0.4) is 0 Å². The fourth-order valence-electron chi connectivity index (χ4n) is 2.74. The molecule has 0 radical (unpaired) electrons. The van der Waals surface area contributed by atoms with Crippen molar-refractivity contribution in [2.75, 3.05) is 13.1 Å². The van der Waals surface area contributed by atoms with Crippen LogP contribution in [0.25, 0.3) is 11.6 Å². The summed E-state index contributed by atoms with van der Waals surface area (Å²) in [7, 11) is 0. The van der Waals surface area contributed by atoms with Crippen molar-refractivity contribution in [1.82, 2.24) is 15.5 Å². The van der Waals surface area contributed by atoms with Crippen LogP contribution in [0.1, 0.15) is 37.6 Å². The fourth-order valence-corrected chi connectivity index (χ4v) is 2.74. The molecule has 0 aromatic carbocycles. The van der Waals surface area contributed by atoms with Gasteiger partial charge in [0.05, 0.1) is 11.7 Å². The van der Waals surface area contributed by atoms with Gasteiger partial charge in [0.25, 0.3) is 0 Å². The van der Waals surface area contributed by atoms with Crippen molar-refractivity contribution in [2.45, 2.75) is 38.5 Å². The monoisotopic (exact) mass is 261 g/mol. The van der Waals surface area contributed by atoms with E-state index in [9.17, 15) is 0 Å². The highest BCUT2D eigenvalue weighted by molar-refractivity contribution is 5.51. The molecule has 1 aliphatic heterocycles. The molecule has 5 nitrogen and oxygen atoms in total. The first-order valence-electron chi connectivity index (χ1n) is 6.84. The van der Waals surface area contributed by atoms with Gasteiger partial charge in [0, 0.05) is 6.54 Å². The van der Waals surface area contributed by atoms with E-state index in [0.717, 1.165) is 43.8 Å². The Labute approximate surface area is 112 Å². The molecule has 3 heterocycles. The molecule has 0 bridgehead atoms. The summed E-state index contributed by atoms with van der Waals surface area (Å²) < 4.78 is 10.9. The summed E-state index contributed by atoms with van der Waals surface area (Å²) >= 11 is 0. The molecule has 1 fully saturated rings. The van der Waals surface area contributed by atoms with E-state index in [0.29, 0.717) is 11.6 Å². The second-order valence-corrected chi connectivity index (χ2v) is 5.27. The van der Waals surface area contributed by atoms with Gasteiger partial charge >= 0.3 is 0 Å². The third-order valence-corrected chi connectivity index (χ3v) is 4.09. The Balaban J connectivity index is 1.94. The molecule has 1 saturated heterocycles. The van der Waals surface area contributed by atoms with Crippen LogP contribution < -0.4 is 5.32 Å². The lowest BCUT2D eigenvalue weighted by Crippen LogP contribution is -2.43. The maximum atomic E-state index is 5.52. The number of aromatic nitrogens is 2. The minimum Gasteiger partial charge on any atom is -0.461 e. The van der Waals surface area contributed by atoms with E-state index in [4.69, 9.17) is 8.94 Å². The third-order valence-electron chi connectivity index (χ3n) is 4.09. The first kappa shape index (κ1) is 12.4. The summed E-state index contributed by atoms with van der Waals surface area (Å²) in [5, 5.41) is 7.51. The van der Waals surface area contributed by atoms with Crippen LogP contribution in [0.15, 0.2) is 21.3 Å². The van der Waals surface area contributed by atoms with Crippen LogP contribution in [0.5, 0.6) is 0 Å². The van der Waals surface area contributed by atoms with Gasteiger partial charge in [-0.1, -0.05) is 12.1 Å². The number of piperidine rings is 1. The zero-order valence-electron chi connectivity index (χ0n) is 11.4. The lowest BCUT2D eigenvalue weighted by atomic mass is 9.78. The highest BCUT2D eigenvalue weighted by atomic mass is 16.5. The Morgan fingerprint density at radius 1 is 1.47 bits per heavy atom. The molecule has 0 spiro atoms. The van der Waals surface area contributed by atoms with Gasteiger partial charge < -0.3 is 14.3 Å². The number of rotatable bonds is 3. The first-order valence-corrected chi connectivity index (χ1v) is 6.84. The summed E-state index contributed by atoms with van der Waals surface area (Å²) in [6, 6.07) is 1.91. The molecule has 5 heteroatoms. The molecule has 1 atom stereocenters. The van der Waals surface area contributed by atoms with E-state index in [1.807, 2.05) is 13.0 Å². The van der Waals surface area contributed by atoms with Crippen LogP contribution in [-0.2, 0) is 5.41 Å². The smallest absolute Gasteiger partial charge is 0.238 e. The molecule has 1 unspecified atom stereocenters. The van der Waals surface area contributed by atoms with Gasteiger partial charge in [0.15, 0.2) is 5.76 Å². The van der Waals surface area contributed by atoms with E-state index >= 15 is 0 Å². The molecule has 19 heavy (non-hydrogen) atoms. The lowest BCUT2D eigenvalue weighted by molar-refractivity contribution is 0.221. The second-order valence-electron chi connectivity index (χ2n) is 5.27. The van der Waals surface area contributed by atoms with Crippen molar-refractivity contribution >= 4 is 0 Å². The minimum atomic E-state index is -0.0238. The Morgan fingerprint density at radius 3 is 3.00 bits per heavy atom. The highest BCUT2D eigenvalue weighted by Crippen LogP contribution is 2.34. The molecular formula is C14H19N3O2. The quantitative estimate of drug-likeness (QED) is 0.920. The van der Waals surface area contributed by atoms with Crippen molar-refractivity contribution < 1.29 is 8.94 Å². The van der Waals surface area contributed by atoms with Gasteiger partial charge in [-0.3, -0.25) is 0 Å². The van der Waals surface area contributed by atoms with E-state index in [1.54, 1.807) is 6.26 Å².